The Morgan fingerprint density at radius 3 is 3.20 bits per heavy atom. The van der Waals surface area contributed by atoms with Gasteiger partial charge in [0.05, 0.1) is 11.0 Å². The Morgan fingerprint density at radius 2 is 2.40 bits per heavy atom. The maximum Gasteiger partial charge on any atom is 0.262 e. The summed E-state index contributed by atoms with van der Waals surface area (Å²) in [5, 5.41) is 3.36. The van der Waals surface area contributed by atoms with E-state index in [1.807, 2.05) is 12.1 Å². The minimum atomic E-state index is -0.123. The number of anilines is 1. The summed E-state index contributed by atoms with van der Waals surface area (Å²) < 4.78 is 5.26. The van der Waals surface area contributed by atoms with Crippen molar-refractivity contribution >= 4 is 27.5 Å². The Morgan fingerprint density at radius 1 is 1.53 bits per heavy atom. The molecule has 0 unspecified atom stereocenters. The molecule has 3 nitrogen and oxygen atoms in total. The van der Waals surface area contributed by atoms with Crippen LogP contribution < -0.4 is 10.1 Å². The van der Waals surface area contributed by atoms with Gasteiger partial charge in [0.2, 0.25) is 0 Å². The van der Waals surface area contributed by atoms with Gasteiger partial charge in [-0.15, -0.1) is 0 Å². The van der Waals surface area contributed by atoms with Crippen LogP contribution in [0.1, 0.15) is 5.56 Å². The van der Waals surface area contributed by atoms with Crippen molar-refractivity contribution in [3.63, 3.8) is 0 Å². The van der Waals surface area contributed by atoms with Crippen LogP contribution in [0.15, 0.2) is 18.2 Å². The van der Waals surface area contributed by atoms with Crippen molar-refractivity contribution in [3.8, 4) is 17.6 Å². The summed E-state index contributed by atoms with van der Waals surface area (Å²) in [4.78, 5) is 11.0. The summed E-state index contributed by atoms with van der Waals surface area (Å²) in [7, 11) is 0. The molecule has 2 rings (SSSR count). The van der Waals surface area contributed by atoms with Crippen LogP contribution in [0.4, 0.5) is 5.69 Å². The Balaban J connectivity index is 2.30. The molecule has 0 aliphatic carbocycles. The standard InChI is InChI=1S/C11H8BrNO2/c12-5-1-2-8-3-4-9-10(6-8)15-7-11(14)13-9/h3-4,6H,5,7H2,(H,13,14). The largest absolute Gasteiger partial charge is 0.482 e. The Bertz CT molecular complexity index is 459. The van der Waals surface area contributed by atoms with E-state index in [1.165, 1.54) is 0 Å². The lowest BCUT2D eigenvalue weighted by Crippen LogP contribution is -2.25. The molecule has 1 amide bonds. The maximum atomic E-state index is 11.0. The molecule has 0 atom stereocenters. The van der Waals surface area contributed by atoms with E-state index in [0.29, 0.717) is 16.8 Å². The highest BCUT2D eigenvalue weighted by Crippen LogP contribution is 2.28. The van der Waals surface area contributed by atoms with E-state index >= 15 is 0 Å². The molecule has 1 N–H and O–H groups in total. The van der Waals surface area contributed by atoms with Crippen LogP contribution >= 0.6 is 15.9 Å². The number of carbonyl (C=O) groups excluding carboxylic acids is 1. The molecule has 1 aliphatic rings. The quantitative estimate of drug-likeness (QED) is 0.574. The van der Waals surface area contributed by atoms with Crippen molar-refractivity contribution < 1.29 is 9.53 Å². The second-order valence-corrected chi connectivity index (χ2v) is 3.54. The highest BCUT2D eigenvalue weighted by Gasteiger charge is 2.15. The van der Waals surface area contributed by atoms with Crippen LogP contribution in [-0.2, 0) is 4.79 Å². The van der Waals surface area contributed by atoms with E-state index in [1.54, 1.807) is 6.07 Å². The number of fused-ring (bicyclic) bond motifs is 1. The molecule has 0 bridgehead atoms. The van der Waals surface area contributed by atoms with Gasteiger partial charge in [-0.1, -0.05) is 27.8 Å². The first kappa shape index (κ1) is 10.1. The molecule has 0 saturated carbocycles. The number of halogens is 1. The number of alkyl halides is 1. The van der Waals surface area contributed by atoms with E-state index in [9.17, 15) is 4.79 Å². The number of nitrogens with one attached hydrogen (secondary N) is 1. The van der Waals surface area contributed by atoms with Crippen molar-refractivity contribution in [3.05, 3.63) is 23.8 Å². The maximum absolute atomic E-state index is 11.0. The molecule has 15 heavy (non-hydrogen) atoms. The molecule has 0 fully saturated rings. The van der Waals surface area contributed by atoms with Crippen LogP contribution in [0, 0.1) is 11.8 Å². The molecule has 4 heteroatoms. The zero-order valence-corrected chi connectivity index (χ0v) is 9.43. The van der Waals surface area contributed by atoms with E-state index in [4.69, 9.17) is 4.74 Å². The van der Waals surface area contributed by atoms with Gasteiger partial charge in [-0.2, -0.15) is 0 Å². The molecule has 1 aromatic carbocycles. The fourth-order valence-electron chi connectivity index (χ4n) is 1.29. The number of hydrogen-bond donors (Lipinski definition) is 1. The van der Waals surface area contributed by atoms with Crippen LogP contribution in [-0.4, -0.2) is 17.8 Å². The van der Waals surface area contributed by atoms with Crippen LogP contribution in [0.5, 0.6) is 5.75 Å². The predicted octanol–water partition coefficient (Wildman–Crippen LogP) is 1.76. The Kier molecular flexibility index (Phi) is 2.93. The first-order valence-corrected chi connectivity index (χ1v) is 5.53. The normalized spacial score (nSPS) is 13.0. The molecule has 0 saturated heterocycles. The monoisotopic (exact) mass is 265 g/mol. The Hall–Kier alpha value is -1.47. The molecule has 1 heterocycles. The molecule has 0 radical (unpaired) electrons. The number of carbonyl (C=O) groups is 1. The topological polar surface area (TPSA) is 38.3 Å². The van der Waals surface area contributed by atoms with Crippen molar-refractivity contribution in [2.75, 3.05) is 17.3 Å². The van der Waals surface area contributed by atoms with Gasteiger partial charge in [0.1, 0.15) is 5.75 Å². The highest BCUT2D eigenvalue weighted by molar-refractivity contribution is 9.09. The molecular weight excluding hydrogens is 258 g/mol. The molecule has 1 aliphatic heterocycles. The second kappa shape index (κ2) is 4.37. The highest BCUT2D eigenvalue weighted by atomic mass is 79.9. The van der Waals surface area contributed by atoms with Crippen molar-refractivity contribution in [2.24, 2.45) is 0 Å². The predicted molar refractivity (Wildman–Crippen MR) is 61.2 cm³/mol. The smallest absolute Gasteiger partial charge is 0.262 e. The van der Waals surface area contributed by atoms with Crippen molar-refractivity contribution in [1.82, 2.24) is 0 Å². The van der Waals surface area contributed by atoms with Crippen LogP contribution in [0.25, 0.3) is 0 Å². The van der Waals surface area contributed by atoms with Gasteiger partial charge in [-0.25, -0.2) is 0 Å². The summed E-state index contributed by atoms with van der Waals surface area (Å²) >= 11 is 3.23. The summed E-state index contributed by atoms with van der Waals surface area (Å²) in [6, 6.07) is 5.47. The average molecular weight is 266 g/mol. The summed E-state index contributed by atoms with van der Waals surface area (Å²) in [5.74, 6) is 6.42. The number of rotatable bonds is 0. The lowest BCUT2D eigenvalue weighted by molar-refractivity contribution is -0.118. The fourth-order valence-corrected chi connectivity index (χ4v) is 1.43. The summed E-state index contributed by atoms with van der Waals surface area (Å²) in [6.07, 6.45) is 0. The Labute approximate surface area is 95.9 Å². The summed E-state index contributed by atoms with van der Waals surface area (Å²) in [6.45, 7) is 0.0718. The number of hydrogen-bond acceptors (Lipinski definition) is 2. The lowest BCUT2D eigenvalue weighted by atomic mass is 10.2. The molecule has 1 aromatic rings. The third kappa shape index (κ3) is 2.31. The number of amides is 1. The average Bonchev–Trinajstić information content (AvgIpc) is 2.26. The number of benzene rings is 1. The number of ether oxygens (including phenoxy) is 1. The van der Waals surface area contributed by atoms with E-state index in [-0.39, 0.29) is 12.5 Å². The first-order valence-electron chi connectivity index (χ1n) is 4.41. The first-order chi connectivity index (χ1) is 7.29. The molecular formula is C11H8BrNO2. The van der Waals surface area contributed by atoms with Crippen molar-refractivity contribution in [1.29, 1.82) is 0 Å². The zero-order chi connectivity index (χ0) is 10.7. The van der Waals surface area contributed by atoms with Crippen LogP contribution in [0.3, 0.4) is 0 Å². The van der Waals surface area contributed by atoms with Gasteiger partial charge < -0.3 is 10.1 Å². The van der Waals surface area contributed by atoms with Gasteiger partial charge >= 0.3 is 0 Å². The fraction of sp³-hybridized carbons (Fsp3) is 0.182. The second-order valence-electron chi connectivity index (χ2n) is 2.98. The van der Waals surface area contributed by atoms with Gasteiger partial charge in [0.25, 0.3) is 5.91 Å². The third-order valence-electron chi connectivity index (χ3n) is 1.91. The van der Waals surface area contributed by atoms with Crippen molar-refractivity contribution in [2.45, 2.75) is 0 Å². The minimum absolute atomic E-state index is 0.0718. The zero-order valence-electron chi connectivity index (χ0n) is 7.84. The van der Waals surface area contributed by atoms with E-state index in [0.717, 1.165) is 5.56 Å². The molecule has 76 valence electrons. The van der Waals surface area contributed by atoms with E-state index < -0.39 is 0 Å². The van der Waals surface area contributed by atoms with E-state index in [2.05, 4.69) is 33.1 Å². The molecule has 0 aromatic heterocycles. The van der Waals surface area contributed by atoms with Gasteiger partial charge in [0, 0.05) is 5.56 Å². The van der Waals surface area contributed by atoms with Crippen LogP contribution in [0.2, 0.25) is 0 Å². The van der Waals surface area contributed by atoms with Gasteiger partial charge in [0.15, 0.2) is 6.61 Å². The van der Waals surface area contributed by atoms with Gasteiger partial charge in [-0.05, 0) is 18.2 Å². The summed E-state index contributed by atoms with van der Waals surface area (Å²) in [5.41, 5.74) is 1.58. The SMILES string of the molecule is O=C1COc2cc(C#CCBr)ccc2N1. The van der Waals surface area contributed by atoms with Gasteiger partial charge in [-0.3, -0.25) is 4.79 Å². The minimum Gasteiger partial charge on any atom is -0.482 e. The molecule has 0 spiro atoms. The lowest BCUT2D eigenvalue weighted by Gasteiger charge is -2.17. The third-order valence-corrected chi connectivity index (χ3v) is 2.19.